The zero-order chi connectivity index (χ0) is 14.0. The van der Waals surface area contributed by atoms with Crippen molar-refractivity contribution in [2.75, 3.05) is 12.4 Å². The summed E-state index contributed by atoms with van der Waals surface area (Å²) in [6.45, 7) is 6.36. The highest BCUT2D eigenvalue weighted by atomic mass is 127. The van der Waals surface area contributed by atoms with Gasteiger partial charge in [-0.15, -0.1) is 0 Å². The van der Waals surface area contributed by atoms with Crippen molar-refractivity contribution in [1.82, 2.24) is 9.97 Å². The fraction of sp³-hybridized carbons (Fsp3) is 0.333. The van der Waals surface area contributed by atoms with E-state index in [0.717, 1.165) is 32.9 Å². The molecule has 0 amide bonds. The number of hydrogen-bond acceptors (Lipinski definition) is 3. The Morgan fingerprint density at radius 3 is 2.58 bits per heavy atom. The van der Waals surface area contributed by atoms with E-state index < -0.39 is 0 Å². The Balaban J connectivity index is 2.65. The molecule has 0 aliphatic rings. The SMILES string of the molecule is CCc1nc(-c2cccc(C)c2C)nc(NC)c1I. The zero-order valence-corrected chi connectivity index (χ0v) is 13.9. The summed E-state index contributed by atoms with van der Waals surface area (Å²) in [5, 5.41) is 3.16. The van der Waals surface area contributed by atoms with Gasteiger partial charge in [0.15, 0.2) is 5.82 Å². The lowest BCUT2D eigenvalue weighted by atomic mass is 10.0. The van der Waals surface area contributed by atoms with Crippen LogP contribution in [-0.2, 0) is 6.42 Å². The third-order valence-corrected chi connectivity index (χ3v) is 4.47. The Morgan fingerprint density at radius 1 is 1.21 bits per heavy atom. The number of rotatable bonds is 3. The molecule has 0 bridgehead atoms. The van der Waals surface area contributed by atoms with Crippen molar-refractivity contribution >= 4 is 28.4 Å². The van der Waals surface area contributed by atoms with Gasteiger partial charge < -0.3 is 5.32 Å². The number of aryl methyl sites for hydroxylation is 2. The molecule has 0 spiro atoms. The Morgan fingerprint density at radius 2 is 1.95 bits per heavy atom. The van der Waals surface area contributed by atoms with Crippen LogP contribution in [0, 0.1) is 17.4 Å². The van der Waals surface area contributed by atoms with Crippen molar-refractivity contribution in [2.24, 2.45) is 0 Å². The van der Waals surface area contributed by atoms with E-state index in [1.165, 1.54) is 11.1 Å². The number of benzene rings is 1. The van der Waals surface area contributed by atoms with Gasteiger partial charge in [0.2, 0.25) is 0 Å². The molecule has 0 unspecified atom stereocenters. The standard InChI is InChI=1S/C15H18IN3/c1-5-12-13(16)15(17-4)19-14(18-12)11-8-6-7-9(2)10(11)3/h6-8H,5H2,1-4H3,(H,17,18,19). The van der Waals surface area contributed by atoms with E-state index in [9.17, 15) is 0 Å². The molecule has 0 atom stereocenters. The Labute approximate surface area is 128 Å². The number of nitrogens with zero attached hydrogens (tertiary/aromatic N) is 2. The lowest BCUT2D eigenvalue weighted by Crippen LogP contribution is -2.05. The molecule has 0 radical (unpaired) electrons. The van der Waals surface area contributed by atoms with Crippen LogP contribution >= 0.6 is 22.6 Å². The van der Waals surface area contributed by atoms with Gasteiger partial charge in [0, 0.05) is 12.6 Å². The summed E-state index contributed by atoms with van der Waals surface area (Å²) in [7, 11) is 1.90. The summed E-state index contributed by atoms with van der Waals surface area (Å²) in [5.41, 5.74) is 4.72. The second kappa shape index (κ2) is 5.86. The van der Waals surface area contributed by atoms with Crippen molar-refractivity contribution in [3.05, 3.63) is 38.6 Å². The molecular formula is C15H18IN3. The van der Waals surface area contributed by atoms with E-state index in [1.807, 2.05) is 7.05 Å². The molecule has 0 aliphatic heterocycles. The fourth-order valence-electron chi connectivity index (χ4n) is 2.01. The van der Waals surface area contributed by atoms with Gasteiger partial charge in [-0.3, -0.25) is 0 Å². The van der Waals surface area contributed by atoms with E-state index in [1.54, 1.807) is 0 Å². The van der Waals surface area contributed by atoms with Crippen LogP contribution in [-0.4, -0.2) is 17.0 Å². The first-order valence-electron chi connectivity index (χ1n) is 6.39. The molecule has 1 N–H and O–H groups in total. The predicted molar refractivity (Wildman–Crippen MR) is 88.6 cm³/mol. The van der Waals surface area contributed by atoms with Gasteiger partial charge in [-0.1, -0.05) is 25.1 Å². The van der Waals surface area contributed by atoms with Crippen LogP contribution in [0.15, 0.2) is 18.2 Å². The second-order valence-electron chi connectivity index (χ2n) is 4.51. The number of hydrogen-bond donors (Lipinski definition) is 1. The van der Waals surface area contributed by atoms with Gasteiger partial charge in [0.05, 0.1) is 9.26 Å². The molecule has 1 aromatic heterocycles. The van der Waals surface area contributed by atoms with Crippen LogP contribution in [0.5, 0.6) is 0 Å². The first kappa shape index (κ1) is 14.2. The minimum absolute atomic E-state index is 0.808. The molecule has 0 saturated heterocycles. The van der Waals surface area contributed by atoms with Crippen molar-refractivity contribution in [2.45, 2.75) is 27.2 Å². The second-order valence-corrected chi connectivity index (χ2v) is 5.59. The molecule has 19 heavy (non-hydrogen) atoms. The van der Waals surface area contributed by atoms with Crippen molar-refractivity contribution in [1.29, 1.82) is 0 Å². The highest BCUT2D eigenvalue weighted by Crippen LogP contribution is 2.27. The molecule has 0 fully saturated rings. The van der Waals surface area contributed by atoms with Crippen LogP contribution in [0.3, 0.4) is 0 Å². The van der Waals surface area contributed by atoms with Crippen LogP contribution in [0.2, 0.25) is 0 Å². The van der Waals surface area contributed by atoms with Gasteiger partial charge in [-0.05, 0) is 54.0 Å². The van der Waals surface area contributed by atoms with Crippen LogP contribution in [0.25, 0.3) is 11.4 Å². The van der Waals surface area contributed by atoms with E-state index in [4.69, 9.17) is 4.98 Å². The average Bonchev–Trinajstić information content (AvgIpc) is 2.42. The number of aromatic nitrogens is 2. The molecule has 0 aliphatic carbocycles. The van der Waals surface area contributed by atoms with Crippen LogP contribution in [0.1, 0.15) is 23.7 Å². The molecule has 0 saturated carbocycles. The van der Waals surface area contributed by atoms with Crippen molar-refractivity contribution in [3.8, 4) is 11.4 Å². The molecule has 2 aromatic rings. The van der Waals surface area contributed by atoms with Gasteiger partial charge in [-0.2, -0.15) is 0 Å². The van der Waals surface area contributed by atoms with E-state index in [2.05, 4.69) is 71.9 Å². The van der Waals surface area contributed by atoms with Crippen LogP contribution < -0.4 is 5.32 Å². The summed E-state index contributed by atoms with van der Waals surface area (Å²) in [6.07, 6.45) is 0.910. The zero-order valence-electron chi connectivity index (χ0n) is 11.7. The predicted octanol–water partition coefficient (Wildman–Crippen LogP) is 3.97. The Bertz CT molecular complexity index is 583. The lowest BCUT2D eigenvalue weighted by molar-refractivity contribution is 0.988. The summed E-state index contributed by atoms with van der Waals surface area (Å²) < 4.78 is 1.11. The normalized spacial score (nSPS) is 10.6. The van der Waals surface area contributed by atoms with E-state index >= 15 is 0 Å². The topological polar surface area (TPSA) is 37.8 Å². The molecule has 1 heterocycles. The van der Waals surface area contributed by atoms with Crippen molar-refractivity contribution < 1.29 is 0 Å². The number of nitrogens with one attached hydrogen (secondary N) is 1. The van der Waals surface area contributed by atoms with Crippen molar-refractivity contribution in [3.63, 3.8) is 0 Å². The molecular weight excluding hydrogens is 349 g/mol. The maximum absolute atomic E-state index is 4.71. The van der Waals surface area contributed by atoms with Gasteiger partial charge in [-0.25, -0.2) is 9.97 Å². The highest BCUT2D eigenvalue weighted by molar-refractivity contribution is 14.1. The largest absolute Gasteiger partial charge is 0.372 e. The lowest BCUT2D eigenvalue weighted by Gasteiger charge is -2.12. The first-order valence-corrected chi connectivity index (χ1v) is 7.47. The van der Waals surface area contributed by atoms with Gasteiger partial charge >= 0.3 is 0 Å². The number of halogens is 1. The summed E-state index contributed by atoms with van der Waals surface area (Å²) >= 11 is 2.30. The molecule has 100 valence electrons. The Kier molecular flexibility index (Phi) is 4.39. The summed E-state index contributed by atoms with van der Waals surface area (Å²) in [4.78, 5) is 9.35. The third kappa shape index (κ3) is 2.73. The minimum Gasteiger partial charge on any atom is -0.372 e. The smallest absolute Gasteiger partial charge is 0.162 e. The molecule has 4 heteroatoms. The van der Waals surface area contributed by atoms with E-state index in [0.29, 0.717) is 0 Å². The maximum Gasteiger partial charge on any atom is 0.162 e. The van der Waals surface area contributed by atoms with Gasteiger partial charge in [0.1, 0.15) is 5.82 Å². The minimum atomic E-state index is 0.808. The first-order chi connectivity index (χ1) is 9.08. The Hall–Kier alpha value is -1.17. The third-order valence-electron chi connectivity index (χ3n) is 3.34. The highest BCUT2D eigenvalue weighted by Gasteiger charge is 2.13. The van der Waals surface area contributed by atoms with Crippen LogP contribution in [0.4, 0.5) is 5.82 Å². The van der Waals surface area contributed by atoms with E-state index in [-0.39, 0.29) is 0 Å². The fourth-order valence-corrected chi connectivity index (χ4v) is 2.90. The molecule has 1 aromatic carbocycles. The average molecular weight is 367 g/mol. The number of anilines is 1. The summed E-state index contributed by atoms with van der Waals surface area (Å²) in [6, 6.07) is 6.26. The summed E-state index contributed by atoms with van der Waals surface area (Å²) in [5.74, 6) is 1.71. The van der Waals surface area contributed by atoms with Gasteiger partial charge in [0.25, 0.3) is 0 Å². The molecule has 3 nitrogen and oxygen atoms in total. The maximum atomic E-state index is 4.71. The quantitative estimate of drug-likeness (QED) is 0.835. The molecule has 2 rings (SSSR count). The monoisotopic (exact) mass is 367 g/mol.